The molecular formula is C9H10N2O8. The van der Waals surface area contributed by atoms with Gasteiger partial charge in [-0.05, 0) is 0 Å². The van der Waals surface area contributed by atoms with Crippen molar-refractivity contribution < 1.29 is 29.2 Å². The predicted molar refractivity (Wildman–Crippen MR) is 58.3 cm³/mol. The molecule has 1 aliphatic rings. The van der Waals surface area contributed by atoms with E-state index in [-0.39, 0.29) is 0 Å². The van der Waals surface area contributed by atoms with Crippen LogP contribution in [0.15, 0.2) is 23.4 Å². The van der Waals surface area contributed by atoms with Crippen molar-refractivity contribution in [1.29, 1.82) is 0 Å². The third-order valence-corrected chi connectivity index (χ3v) is 2.64. The molecule has 0 aromatic rings. The van der Waals surface area contributed by atoms with E-state index in [1.54, 1.807) is 0 Å². The number of carbonyl (C=O) groups is 1. The summed E-state index contributed by atoms with van der Waals surface area (Å²) in [5, 5.41) is 30.6. The molecular weight excluding hydrogens is 264 g/mol. The summed E-state index contributed by atoms with van der Waals surface area (Å²) in [6.07, 6.45) is 1.32. The van der Waals surface area contributed by atoms with Gasteiger partial charge in [0.05, 0.1) is 11.0 Å². The van der Waals surface area contributed by atoms with Gasteiger partial charge in [-0.25, -0.2) is 4.79 Å². The van der Waals surface area contributed by atoms with Crippen LogP contribution >= 0.6 is 0 Å². The molecule has 0 bridgehead atoms. The van der Waals surface area contributed by atoms with Crippen molar-refractivity contribution in [3.05, 3.63) is 43.7 Å². The summed E-state index contributed by atoms with van der Waals surface area (Å²) in [7, 11) is 2.13. The van der Waals surface area contributed by atoms with Crippen molar-refractivity contribution in [2.24, 2.45) is 0 Å². The molecule has 19 heavy (non-hydrogen) atoms. The molecule has 1 N–H and O–H groups in total. The maximum Gasteiger partial charge on any atom is 0.342 e. The van der Waals surface area contributed by atoms with E-state index in [9.17, 15) is 25.0 Å². The van der Waals surface area contributed by atoms with E-state index in [4.69, 9.17) is 14.6 Å². The van der Waals surface area contributed by atoms with Crippen LogP contribution in [0.1, 0.15) is 0 Å². The summed E-state index contributed by atoms with van der Waals surface area (Å²) in [5.41, 5.74) is -1.61. The highest BCUT2D eigenvalue weighted by Gasteiger charge is 2.52. The first-order valence-corrected chi connectivity index (χ1v) is 4.85. The average Bonchev–Trinajstić information content (AvgIpc) is 2.36. The minimum Gasteiger partial charge on any atom is -0.477 e. The molecule has 1 atom stereocenters. The van der Waals surface area contributed by atoms with Gasteiger partial charge in [0.1, 0.15) is 5.57 Å². The van der Waals surface area contributed by atoms with E-state index in [0.29, 0.717) is 12.2 Å². The highest BCUT2D eigenvalue weighted by molar-refractivity contribution is 5.91. The fourth-order valence-electron chi connectivity index (χ4n) is 1.70. The number of aliphatic carboxylic acids is 1. The number of hydrogen-bond acceptors (Lipinski definition) is 7. The number of ether oxygens (including phenoxy) is 2. The Morgan fingerprint density at radius 2 is 1.89 bits per heavy atom. The number of methoxy groups -OCH3 is 2. The molecule has 0 radical (unpaired) electrons. The molecule has 1 rings (SSSR count). The summed E-state index contributed by atoms with van der Waals surface area (Å²) in [6, 6.07) is -1.71. The summed E-state index contributed by atoms with van der Waals surface area (Å²) in [5.74, 6) is -3.67. The Kier molecular flexibility index (Phi) is 3.97. The van der Waals surface area contributed by atoms with Gasteiger partial charge in [0.15, 0.2) is 0 Å². The van der Waals surface area contributed by atoms with Gasteiger partial charge >= 0.3 is 5.97 Å². The second kappa shape index (κ2) is 5.12. The van der Waals surface area contributed by atoms with Gasteiger partial charge in [0, 0.05) is 25.2 Å². The van der Waals surface area contributed by atoms with E-state index in [1.807, 2.05) is 0 Å². The molecule has 1 aliphatic carbocycles. The molecule has 0 aromatic heterocycles. The van der Waals surface area contributed by atoms with Crippen molar-refractivity contribution in [3.63, 3.8) is 0 Å². The second-order valence-corrected chi connectivity index (χ2v) is 3.53. The molecule has 104 valence electrons. The van der Waals surface area contributed by atoms with Crippen LogP contribution in [0.3, 0.4) is 0 Å². The second-order valence-electron chi connectivity index (χ2n) is 3.53. The first-order valence-electron chi connectivity index (χ1n) is 4.85. The number of hydrogen-bond donors (Lipinski definition) is 1. The van der Waals surface area contributed by atoms with Crippen LogP contribution < -0.4 is 0 Å². The molecule has 0 unspecified atom stereocenters. The zero-order valence-electron chi connectivity index (χ0n) is 9.93. The first kappa shape index (κ1) is 14.7. The molecule has 0 heterocycles. The van der Waals surface area contributed by atoms with Gasteiger partial charge in [0.2, 0.25) is 0 Å². The number of nitro groups is 2. The van der Waals surface area contributed by atoms with Crippen molar-refractivity contribution in [1.82, 2.24) is 0 Å². The Morgan fingerprint density at radius 1 is 1.37 bits per heavy atom. The Balaban J connectivity index is 3.48. The average molecular weight is 274 g/mol. The van der Waals surface area contributed by atoms with Crippen LogP contribution in [0.5, 0.6) is 0 Å². The van der Waals surface area contributed by atoms with Crippen LogP contribution in [-0.2, 0) is 14.3 Å². The number of nitrogens with zero attached hydrogens (tertiary/aromatic N) is 2. The maximum atomic E-state index is 10.9. The summed E-state index contributed by atoms with van der Waals surface area (Å²) >= 11 is 0. The summed E-state index contributed by atoms with van der Waals surface area (Å²) < 4.78 is 9.66. The molecule has 0 aliphatic heterocycles. The zero-order chi connectivity index (χ0) is 14.8. The van der Waals surface area contributed by atoms with E-state index in [0.717, 1.165) is 14.2 Å². The number of carboxylic acids is 1. The Morgan fingerprint density at radius 3 is 2.21 bits per heavy atom. The SMILES string of the molecule is COC1(OC)C=C([N+](=O)[O-])C(C(=O)O)=C[C@H]1[N+](=O)[O-]. The van der Waals surface area contributed by atoms with Gasteiger partial charge in [-0.15, -0.1) is 0 Å². The molecule has 0 saturated heterocycles. The molecule has 10 nitrogen and oxygen atoms in total. The fraction of sp³-hybridized carbons (Fsp3) is 0.444. The van der Waals surface area contributed by atoms with Gasteiger partial charge in [0.25, 0.3) is 17.5 Å². The monoisotopic (exact) mass is 274 g/mol. The molecule has 0 aromatic carbocycles. The Bertz CT molecular complexity index is 490. The third kappa shape index (κ3) is 2.44. The fourth-order valence-corrected chi connectivity index (χ4v) is 1.70. The van der Waals surface area contributed by atoms with E-state index in [2.05, 4.69) is 0 Å². The Hall–Kier alpha value is -2.33. The highest BCUT2D eigenvalue weighted by atomic mass is 16.7. The van der Waals surface area contributed by atoms with E-state index >= 15 is 0 Å². The van der Waals surface area contributed by atoms with E-state index < -0.39 is 38.9 Å². The first-order chi connectivity index (χ1) is 8.79. The topological polar surface area (TPSA) is 142 Å². The smallest absolute Gasteiger partial charge is 0.342 e. The Labute approximate surface area is 106 Å². The minimum atomic E-state index is -2.02. The van der Waals surface area contributed by atoms with Crippen LogP contribution in [0.4, 0.5) is 0 Å². The molecule has 10 heteroatoms. The third-order valence-electron chi connectivity index (χ3n) is 2.64. The molecule has 0 spiro atoms. The number of carboxylic acid groups (broad SMARTS) is 1. The largest absolute Gasteiger partial charge is 0.477 e. The van der Waals surface area contributed by atoms with Gasteiger partial charge < -0.3 is 14.6 Å². The van der Waals surface area contributed by atoms with Crippen LogP contribution in [0.25, 0.3) is 0 Å². The summed E-state index contributed by atoms with van der Waals surface area (Å²) in [6.45, 7) is 0. The van der Waals surface area contributed by atoms with Crippen LogP contribution in [-0.4, -0.2) is 47.0 Å². The van der Waals surface area contributed by atoms with Crippen molar-refractivity contribution in [2.45, 2.75) is 11.8 Å². The van der Waals surface area contributed by atoms with Crippen molar-refractivity contribution in [3.8, 4) is 0 Å². The highest BCUT2D eigenvalue weighted by Crippen LogP contribution is 2.32. The van der Waals surface area contributed by atoms with Crippen molar-refractivity contribution in [2.75, 3.05) is 14.2 Å². The lowest BCUT2D eigenvalue weighted by Crippen LogP contribution is -2.50. The van der Waals surface area contributed by atoms with E-state index in [1.165, 1.54) is 0 Å². The van der Waals surface area contributed by atoms with Gasteiger partial charge in [-0.3, -0.25) is 20.2 Å². The number of rotatable bonds is 5. The maximum absolute atomic E-state index is 10.9. The molecule has 0 fully saturated rings. The lowest BCUT2D eigenvalue weighted by atomic mass is 9.94. The van der Waals surface area contributed by atoms with Gasteiger partial charge in [-0.2, -0.15) is 0 Å². The zero-order valence-corrected chi connectivity index (χ0v) is 9.93. The minimum absolute atomic E-state index is 0.632. The molecule has 0 saturated carbocycles. The quantitative estimate of drug-likeness (QED) is 0.412. The standard InChI is InChI=1S/C9H10N2O8/c1-18-9(19-2)4-6(10(14)15)5(8(12)13)3-7(9)11(16)17/h3-4,7H,1-2H3,(H,12,13)/t7-/m1/s1. The van der Waals surface area contributed by atoms with Crippen molar-refractivity contribution >= 4 is 5.97 Å². The predicted octanol–water partition coefficient (Wildman–Crippen LogP) is -0.194. The lowest BCUT2D eigenvalue weighted by molar-refractivity contribution is -0.547. The van der Waals surface area contributed by atoms with Crippen LogP contribution in [0, 0.1) is 20.2 Å². The summed E-state index contributed by atoms with van der Waals surface area (Å²) in [4.78, 5) is 30.9. The van der Waals surface area contributed by atoms with Gasteiger partial charge in [-0.1, -0.05) is 0 Å². The normalized spacial score (nSPS) is 21.3. The van der Waals surface area contributed by atoms with Crippen LogP contribution in [0.2, 0.25) is 0 Å². The lowest BCUT2D eigenvalue weighted by Gasteiger charge is -2.30. The molecule has 0 amide bonds.